The Labute approximate surface area is 127 Å². The fraction of sp³-hybridized carbons (Fsp3) is 0.235. The Morgan fingerprint density at radius 3 is 2.65 bits per heavy atom. The third kappa shape index (κ3) is 2.50. The van der Waals surface area contributed by atoms with E-state index < -0.39 is 0 Å². The maximum atomic E-state index is 12.6. The second-order valence-electron chi connectivity index (χ2n) is 5.23. The first-order valence-electron chi connectivity index (χ1n) is 6.77. The number of fused-ring (bicyclic) bond motifs is 1. The monoisotopic (exact) mass is 329 g/mol. The molecule has 1 amide bonds. The molecule has 3 heteroatoms. The van der Waals surface area contributed by atoms with Crippen LogP contribution in [0.25, 0.3) is 0 Å². The van der Waals surface area contributed by atoms with Crippen LogP contribution in [0.15, 0.2) is 46.9 Å². The minimum atomic E-state index is 0.103. The van der Waals surface area contributed by atoms with E-state index in [4.69, 9.17) is 0 Å². The average molecular weight is 330 g/mol. The number of hydrogen-bond acceptors (Lipinski definition) is 1. The van der Waals surface area contributed by atoms with Gasteiger partial charge in [0, 0.05) is 17.6 Å². The Bertz CT molecular complexity index is 666. The lowest BCUT2D eigenvalue weighted by Gasteiger charge is -2.29. The van der Waals surface area contributed by atoms with E-state index in [1.165, 1.54) is 11.1 Å². The van der Waals surface area contributed by atoms with Crippen molar-refractivity contribution in [3.05, 3.63) is 69.2 Å². The summed E-state index contributed by atoms with van der Waals surface area (Å²) in [7, 11) is 0. The third-order valence-electron chi connectivity index (χ3n) is 3.77. The number of carbonyl (C=O) groups is 1. The van der Waals surface area contributed by atoms with Crippen LogP contribution in [0.2, 0.25) is 0 Å². The molecule has 2 nitrogen and oxygen atoms in total. The highest BCUT2D eigenvalue weighted by molar-refractivity contribution is 9.10. The molecule has 0 spiro atoms. The third-order valence-corrected chi connectivity index (χ3v) is 4.43. The first kappa shape index (κ1) is 13.4. The zero-order valence-corrected chi connectivity index (χ0v) is 13.0. The Morgan fingerprint density at radius 2 is 1.90 bits per heavy atom. The van der Waals surface area contributed by atoms with Crippen molar-refractivity contribution in [2.24, 2.45) is 0 Å². The number of benzene rings is 2. The minimum Gasteiger partial charge on any atom is -0.334 e. The molecule has 0 bridgehead atoms. The smallest absolute Gasteiger partial charge is 0.255 e. The van der Waals surface area contributed by atoms with Gasteiger partial charge in [-0.05, 0) is 58.1 Å². The number of halogens is 1. The first-order chi connectivity index (χ1) is 9.65. The number of amides is 1. The van der Waals surface area contributed by atoms with Crippen molar-refractivity contribution in [3.8, 4) is 0 Å². The van der Waals surface area contributed by atoms with Gasteiger partial charge >= 0.3 is 0 Å². The summed E-state index contributed by atoms with van der Waals surface area (Å²) in [5.41, 5.74) is 4.52. The maximum Gasteiger partial charge on any atom is 0.255 e. The van der Waals surface area contributed by atoms with Crippen LogP contribution in [0.5, 0.6) is 0 Å². The van der Waals surface area contributed by atoms with Crippen molar-refractivity contribution in [2.45, 2.75) is 19.9 Å². The second kappa shape index (κ2) is 5.41. The molecule has 3 rings (SSSR count). The molecule has 0 unspecified atom stereocenters. The molecule has 1 aliphatic rings. The van der Waals surface area contributed by atoms with Gasteiger partial charge in [0.05, 0.1) is 5.56 Å². The van der Waals surface area contributed by atoms with Crippen molar-refractivity contribution in [1.29, 1.82) is 0 Å². The fourth-order valence-electron chi connectivity index (χ4n) is 2.63. The van der Waals surface area contributed by atoms with Crippen molar-refractivity contribution in [2.75, 3.05) is 6.54 Å². The molecule has 2 aromatic carbocycles. The van der Waals surface area contributed by atoms with Crippen molar-refractivity contribution >= 4 is 21.8 Å². The lowest BCUT2D eigenvalue weighted by atomic mass is 9.99. The van der Waals surface area contributed by atoms with E-state index in [9.17, 15) is 4.79 Å². The predicted molar refractivity (Wildman–Crippen MR) is 83.8 cm³/mol. The summed E-state index contributed by atoms with van der Waals surface area (Å²) in [6, 6.07) is 14.2. The summed E-state index contributed by atoms with van der Waals surface area (Å²) in [5.74, 6) is 0.103. The molecule has 20 heavy (non-hydrogen) atoms. The largest absolute Gasteiger partial charge is 0.334 e. The van der Waals surface area contributed by atoms with E-state index in [2.05, 4.69) is 34.1 Å². The van der Waals surface area contributed by atoms with Gasteiger partial charge in [-0.2, -0.15) is 0 Å². The maximum absolute atomic E-state index is 12.6. The summed E-state index contributed by atoms with van der Waals surface area (Å²) in [6.45, 7) is 3.52. The number of rotatable bonds is 1. The molecule has 0 aliphatic carbocycles. The molecule has 1 heterocycles. The van der Waals surface area contributed by atoms with Gasteiger partial charge in [0.2, 0.25) is 0 Å². The molecule has 0 radical (unpaired) electrons. The number of aryl methyl sites for hydroxylation is 1. The molecule has 0 N–H and O–H groups in total. The van der Waals surface area contributed by atoms with Gasteiger partial charge in [-0.1, -0.05) is 30.3 Å². The first-order valence-corrected chi connectivity index (χ1v) is 7.56. The van der Waals surface area contributed by atoms with E-state index in [0.29, 0.717) is 6.54 Å². The van der Waals surface area contributed by atoms with Gasteiger partial charge in [0.15, 0.2) is 0 Å². The zero-order chi connectivity index (χ0) is 14.1. The van der Waals surface area contributed by atoms with Crippen LogP contribution in [0.3, 0.4) is 0 Å². The van der Waals surface area contributed by atoms with E-state index in [1.807, 2.05) is 36.1 Å². The highest BCUT2D eigenvalue weighted by Gasteiger charge is 2.22. The molecule has 0 saturated carbocycles. The van der Waals surface area contributed by atoms with Crippen LogP contribution in [-0.2, 0) is 13.0 Å². The molecule has 0 fully saturated rings. The number of carbonyl (C=O) groups excluding carboxylic acids is 1. The molecule has 0 atom stereocenters. The molecule has 1 aliphatic heterocycles. The topological polar surface area (TPSA) is 20.3 Å². The normalized spacial score (nSPS) is 14.0. The summed E-state index contributed by atoms with van der Waals surface area (Å²) in [6.07, 6.45) is 0.936. The SMILES string of the molecule is Cc1ccc(C(=O)N2CCc3ccccc3C2)c(Br)c1. The van der Waals surface area contributed by atoms with Crippen LogP contribution < -0.4 is 0 Å². The van der Waals surface area contributed by atoms with Crippen LogP contribution >= 0.6 is 15.9 Å². The Kier molecular flexibility index (Phi) is 3.62. The molecule has 2 aromatic rings. The Hall–Kier alpha value is -1.61. The lowest BCUT2D eigenvalue weighted by molar-refractivity contribution is 0.0734. The summed E-state index contributed by atoms with van der Waals surface area (Å²) in [4.78, 5) is 14.6. The molecule has 0 saturated heterocycles. The van der Waals surface area contributed by atoms with Gasteiger partial charge in [-0.25, -0.2) is 0 Å². The van der Waals surface area contributed by atoms with E-state index >= 15 is 0 Å². The van der Waals surface area contributed by atoms with E-state index in [0.717, 1.165) is 28.6 Å². The zero-order valence-electron chi connectivity index (χ0n) is 11.4. The molecular formula is C17H16BrNO. The average Bonchev–Trinajstić information content (AvgIpc) is 2.46. The van der Waals surface area contributed by atoms with Gasteiger partial charge < -0.3 is 4.90 Å². The molecule has 102 valence electrons. The van der Waals surface area contributed by atoms with Crippen molar-refractivity contribution < 1.29 is 4.79 Å². The van der Waals surface area contributed by atoms with E-state index in [1.54, 1.807) is 0 Å². The number of hydrogen-bond donors (Lipinski definition) is 0. The van der Waals surface area contributed by atoms with Crippen molar-refractivity contribution in [3.63, 3.8) is 0 Å². The predicted octanol–water partition coefficient (Wildman–Crippen LogP) is 3.96. The Morgan fingerprint density at radius 1 is 1.15 bits per heavy atom. The highest BCUT2D eigenvalue weighted by Crippen LogP contribution is 2.24. The van der Waals surface area contributed by atoms with Gasteiger partial charge in [0.25, 0.3) is 5.91 Å². The van der Waals surface area contributed by atoms with E-state index in [-0.39, 0.29) is 5.91 Å². The molecule has 0 aromatic heterocycles. The summed E-state index contributed by atoms with van der Waals surface area (Å²) < 4.78 is 0.876. The quantitative estimate of drug-likeness (QED) is 0.775. The van der Waals surface area contributed by atoms with Gasteiger partial charge in [0.1, 0.15) is 0 Å². The lowest BCUT2D eigenvalue weighted by Crippen LogP contribution is -2.36. The van der Waals surface area contributed by atoms with Gasteiger partial charge in [-0.3, -0.25) is 4.79 Å². The van der Waals surface area contributed by atoms with Crippen LogP contribution in [-0.4, -0.2) is 17.4 Å². The highest BCUT2D eigenvalue weighted by atomic mass is 79.9. The fourth-order valence-corrected chi connectivity index (χ4v) is 3.30. The standard InChI is InChI=1S/C17H16BrNO/c1-12-6-7-15(16(18)10-12)17(20)19-9-8-13-4-2-3-5-14(13)11-19/h2-7,10H,8-9,11H2,1H3. The van der Waals surface area contributed by atoms with Crippen LogP contribution in [0, 0.1) is 6.92 Å². The van der Waals surface area contributed by atoms with Crippen LogP contribution in [0.4, 0.5) is 0 Å². The van der Waals surface area contributed by atoms with Crippen molar-refractivity contribution in [1.82, 2.24) is 4.90 Å². The second-order valence-corrected chi connectivity index (χ2v) is 6.08. The summed E-state index contributed by atoms with van der Waals surface area (Å²) >= 11 is 3.50. The summed E-state index contributed by atoms with van der Waals surface area (Å²) in [5, 5.41) is 0. The van der Waals surface area contributed by atoms with Crippen LogP contribution in [0.1, 0.15) is 27.0 Å². The minimum absolute atomic E-state index is 0.103. The Balaban J connectivity index is 1.86. The number of nitrogens with zero attached hydrogens (tertiary/aromatic N) is 1. The molecular weight excluding hydrogens is 314 g/mol. The van der Waals surface area contributed by atoms with Gasteiger partial charge in [-0.15, -0.1) is 0 Å².